The monoisotopic (exact) mass is 188 g/mol. The summed E-state index contributed by atoms with van der Waals surface area (Å²) < 4.78 is 0. The molecule has 1 aromatic rings. The van der Waals surface area contributed by atoms with Crippen molar-refractivity contribution in [2.75, 3.05) is 0 Å². The zero-order chi connectivity index (χ0) is 10.4. The van der Waals surface area contributed by atoms with Crippen molar-refractivity contribution in [1.82, 2.24) is 0 Å². The first-order chi connectivity index (χ1) is 6.74. The van der Waals surface area contributed by atoms with Gasteiger partial charge in [-0.05, 0) is 23.5 Å². The second-order valence-electron chi connectivity index (χ2n) is 4.02. The van der Waals surface area contributed by atoms with E-state index in [0.29, 0.717) is 5.92 Å². The largest absolute Gasteiger partial charge is 0.0840 e. The highest BCUT2D eigenvalue weighted by molar-refractivity contribution is 5.50. The van der Waals surface area contributed by atoms with Gasteiger partial charge in [0.15, 0.2) is 0 Å². The van der Waals surface area contributed by atoms with Crippen molar-refractivity contribution in [3.8, 4) is 0 Å². The third-order valence-corrected chi connectivity index (χ3v) is 2.34. The van der Waals surface area contributed by atoms with Gasteiger partial charge in [-0.1, -0.05) is 63.6 Å². The number of benzene rings is 1. The lowest BCUT2D eigenvalue weighted by atomic mass is 10.0. The highest BCUT2D eigenvalue weighted by atomic mass is 14.0. The van der Waals surface area contributed by atoms with Gasteiger partial charge in [-0.15, -0.1) is 0 Å². The van der Waals surface area contributed by atoms with E-state index in [-0.39, 0.29) is 0 Å². The Morgan fingerprint density at radius 3 is 2.71 bits per heavy atom. The predicted octanol–water partition coefficient (Wildman–Crippen LogP) is 4.62. The first-order valence-electron chi connectivity index (χ1n) is 5.50. The lowest BCUT2D eigenvalue weighted by Crippen LogP contribution is -1.86. The van der Waals surface area contributed by atoms with Crippen LogP contribution in [0.25, 0.3) is 6.08 Å². The lowest BCUT2D eigenvalue weighted by Gasteiger charge is -2.05. The van der Waals surface area contributed by atoms with Crippen molar-refractivity contribution >= 4 is 6.08 Å². The van der Waals surface area contributed by atoms with Gasteiger partial charge in [0.2, 0.25) is 0 Å². The van der Waals surface area contributed by atoms with E-state index in [2.05, 4.69) is 57.2 Å². The van der Waals surface area contributed by atoms with E-state index in [4.69, 9.17) is 0 Å². The average molecular weight is 188 g/mol. The molecule has 0 amide bonds. The summed E-state index contributed by atoms with van der Waals surface area (Å²) in [6.07, 6.45) is 6.86. The van der Waals surface area contributed by atoms with Crippen LogP contribution < -0.4 is 0 Å². The van der Waals surface area contributed by atoms with Crippen molar-refractivity contribution < 1.29 is 0 Å². The van der Waals surface area contributed by atoms with E-state index in [1.807, 2.05) is 0 Å². The summed E-state index contributed by atoms with van der Waals surface area (Å²) in [5.74, 6) is 0.620. The Labute approximate surface area is 87.7 Å². The molecular weight excluding hydrogens is 168 g/mol. The fourth-order valence-electron chi connectivity index (χ4n) is 1.41. The Hall–Kier alpha value is -1.04. The Bertz CT molecular complexity index is 295. The standard InChI is InChI=1S/C14H20/c1-4-5-6-8-13-9-7-10-14(11-13)12(2)3/h6-12H,4-5H2,1-3H3. The highest BCUT2D eigenvalue weighted by Gasteiger charge is 1.97. The average Bonchev–Trinajstić information content (AvgIpc) is 2.19. The Morgan fingerprint density at radius 1 is 1.29 bits per heavy atom. The molecule has 0 saturated heterocycles. The molecule has 0 bridgehead atoms. The second-order valence-corrected chi connectivity index (χ2v) is 4.02. The van der Waals surface area contributed by atoms with E-state index in [9.17, 15) is 0 Å². The zero-order valence-electron chi connectivity index (χ0n) is 9.46. The van der Waals surface area contributed by atoms with Crippen LogP contribution in [-0.4, -0.2) is 0 Å². The summed E-state index contributed by atoms with van der Waals surface area (Å²) >= 11 is 0. The van der Waals surface area contributed by atoms with Crippen LogP contribution in [0, 0.1) is 0 Å². The molecule has 0 aliphatic heterocycles. The van der Waals surface area contributed by atoms with Crippen LogP contribution in [0.3, 0.4) is 0 Å². The maximum absolute atomic E-state index is 2.27. The van der Waals surface area contributed by atoms with Gasteiger partial charge in [0.25, 0.3) is 0 Å². The molecule has 0 aromatic heterocycles. The molecule has 0 aliphatic carbocycles. The minimum Gasteiger partial charge on any atom is -0.0840 e. The number of hydrogen-bond donors (Lipinski definition) is 0. The van der Waals surface area contributed by atoms with Gasteiger partial charge in [0.05, 0.1) is 0 Å². The molecule has 0 radical (unpaired) electrons. The van der Waals surface area contributed by atoms with Crippen LogP contribution in [0.15, 0.2) is 30.3 Å². The summed E-state index contributed by atoms with van der Waals surface area (Å²) in [4.78, 5) is 0. The Morgan fingerprint density at radius 2 is 2.07 bits per heavy atom. The zero-order valence-corrected chi connectivity index (χ0v) is 9.46. The first-order valence-corrected chi connectivity index (χ1v) is 5.50. The van der Waals surface area contributed by atoms with Crippen molar-refractivity contribution in [3.05, 3.63) is 41.5 Å². The summed E-state index contributed by atoms with van der Waals surface area (Å²) in [5, 5.41) is 0. The summed E-state index contributed by atoms with van der Waals surface area (Å²) in [6.45, 7) is 6.67. The minimum atomic E-state index is 0.620. The van der Waals surface area contributed by atoms with Crippen LogP contribution in [-0.2, 0) is 0 Å². The molecule has 0 nitrogen and oxygen atoms in total. The molecule has 0 heteroatoms. The van der Waals surface area contributed by atoms with Crippen molar-refractivity contribution in [1.29, 1.82) is 0 Å². The van der Waals surface area contributed by atoms with Crippen LogP contribution in [0.1, 0.15) is 50.7 Å². The molecule has 0 saturated carbocycles. The van der Waals surface area contributed by atoms with Gasteiger partial charge >= 0.3 is 0 Å². The van der Waals surface area contributed by atoms with Crippen LogP contribution >= 0.6 is 0 Å². The van der Waals surface area contributed by atoms with Crippen LogP contribution in [0.2, 0.25) is 0 Å². The first kappa shape index (κ1) is 11.0. The normalized spacial score (nSPS) is 11.4. The number of allylic oxidation sites excluding steroid dienone is 1. The van der Waals surface area contributed by atoms with E-state index in [0.717, 1.165) is 0 Å². The second kappa shape index (κ2) is 5.64. The van der Waals surface area contributed by atoms with E-state index in [1.165, 1.54) is 24.0 Å². The molecule has 0 spiro atoms. The number of rotatable bonds is 4. The Balaban J connectivity index is 2.73. The van der Waals surface area contributed by atoms with Crippen molar-refractivity contribution in [2.24, 2.45) is 0 Å². The SMILES string of the molecule is CCCC=Cc1cccc(C(C)C)c1. The van der Waals surface area contributed by atoms with Crippen LogP contribution in [0.4, 0.5) is 0 Å². The molecule has 1 aromatic carbocycles. The van der Waals surface area contributed by atoms with E-state index >= 15 is 0 Å². The maximum Gasteiger partial charge on any atom is -0.0219 e. The quantitative estimate of drug-likeness (QED) is 0.646. The molecule has 14 heavy (non-hydrogen) atoms. The topological polar surface area (TPSA) is 0 Å². The van der Waals surface area contributed by atoms with Crippen LogP contribution in [0.5, 0.6) is 0 Å². The van der Waals surface area contributed by atoms with Gasteiger partial charge in [-0.2, -0.15) is 0 Å². The van der Waals surface area contributed by atoms with Gasteiger partial charge < -0.3 is 0 Å². The highest BCUT2D eigenvalue weighted by Crippen LogP contribution is 2.16. The fourth-order valence-corrected chi connectivity index (χ4v) is 1.41. The molecule has 0 unspecified atom stereocenters. The van der Waals surface area contributed by atoms with Gasteiger partial charge in [0.1, 0.15) is 0 Å². The van der Waals surface area contributed by atoms with Crippen molar-refractivity contribution in [2.45, 2.75) is 39.5 Å². The predicted molar refractivity (Wildman–Crippen MR) is 64.5 cm³/mol. The van der Waals surface area contributed by atoms with Gasteiger partial charge in [0, 0.05) is 0 Å². The fraction of sp³-hybridized carbons (Fsp3) is 0.429. The Kier molecular flexibility index (Phi) is 4.45. The van der Waals surface area contributed by atoms with E-state index in [1.54, 1.807) is 0 Å². The summed E-state index contributed by atoms with van der Waals surface area (Å²) in [5.41, 5.74) is 2.74. The third kappa shape index (κ3) is 3.37. The molecule has 0 atom stereocenters. The summed E-state index contributed by atoms with van der Waals surface area (Å²) in [6, 6.07) is 8.78. The smallest absolute Gasteiger partial charge is 0.0219 e. The molecule has 76 valence electrons. The van der Waals surface area contributed by atoms with E-state index < -0.39 is 0 Å². The van der Waals surface area contributed by atoms with Gasteiger partial charge in [-0.25, -0.2) is 0 Å². The molecule has 0 aliphatic rings. The minimum absolute atomic E-state index is 0.620. The summed E-state index contributed by atoms with van der Waals surface area (Å²) in [7, 11) is 0. The van der Waals surface area contributed by atoms with Gasteiger partial charge in [-0.3, -0.25) is 0 Å². The molecule has 0 N–H and O–H groups in total. The molecular formula is C14H20. The number of unbranched alkanes of at least 4 members (excludes halogenated alkanes) is 1. The molecule has 0 heterocycles. The maximum atomic E-state index is 2.27. The number of hydrogen-bond acceptors (Lipinski definition) is 0. The molecule has 1 rings (SSSR count). The molecule has 0 fully saturated rings. The lowest BCUT2D eigenvalue weighted by molar-refractivity contribution is 0.866. The third-order valence-electron chi connectivity index (χ3n) is 2.34. The van der Waals surface area contributed by atoms with Crippen molar-refractivity contribution in [3.63, 3.8) is 0 Å².